The molecule has 0 saturated carbocycles. The van der Waals surface area contributed by atoms with Crippen LogP contribution in [0, 0.1) is 0 Å². The average Bonchev–Trinajstić information content (AvgIpc) is 2.95. The minimum atomic E-state index is 0. The van der Waals surface area contributed by atoms with Gasteiger partial charge in [0.1, 0.15) is 0 Å². The third kappa shape index (κ3) is 21.6. The van der Waals surface area contributed by atoms with Gasteiger partial charge in [0.05, 0.1) is 12.7 Å². The van der Waals surface area contributed by atoms with E-state index in [0.717, 1.165) is 0 Å². The molecule has 0 unspecified atom stereocenters. The standard InChI is InChI=1S/2C4H6N2.2CNO.Zn/c2*1-6-3-2-5-4-6;2*2-1-3;/h2*2-4H,1H3;;;/q;;2*-1;+2. The summed E-state index contributed by atoms with van der Waals surface area (Å²) in [7, 11) is 3.88. The maximum absolute atomic E-state index is 8.24. The predicted octanol–water partition coefficient (Wildman–Crippen LogP) is 0.621. The number of imidazole rings is 2. The maximum Gasteiger partial charge on any atom is 2.00 e. The SMILES string of the molecule is Cn1ccnc1.Cn1ccnc1.[N-]=C=O.[N-]=C=O.[Zn+2]. The summed E-state index contributed by atoms with van der Waals surface area (Å²) in [4.78, 5) is 24.0. The molecule has 0 fully saturated rings. The molecule has 0 aliphatic rings. The van der Waals surface area contributed by atoms with Crippen LogP contribution < -0.4 is 0 Å². The number of hydrogen-bond acceptors (Lipinski definition) is 4. The number of nitrogens with zero attached hydrogens (tertiary/aromatic N) is 6. The molecule has 19 heavy (non-hydrogen) atoms. The maximum atomic E-state index is 8.24. The van der Waals surface area contributed by atoms with E-state index in [1.165, 1.54) is 0 Å². The Kier molecular flexibility index (Phi) is 21.1. The number of rotatable bonds is 0. The zero-order valence-corrected chi connectivity index (χ0v) is 13.6. The van der Waals surface area contributed by atoms with Crippen molar-refractivity contribution >= 4 is 12.2 Å². The molecule has 9 heteroatoms. The first kappa shape index (κ1) is 22.0. The van der Waals surface area contributed by atoms with Crippen molar-refractivity contribution in [2.45, 2.75) is 0 Å². The minimum Gasteiger partial charge on any atom is -0.724 e. The molecule has 0 amide bonds. The smallest absolute Gasteiger partial charge is 0.724 e. The fraction of sp³-hybridized carbons (Fsp3) is 0.200. The van der Waals surface area contributed by atoms with E-state index in [1.807, 2.05) is 35.6 Å². The Morgan fingerprint density at radius 1 is 0.895 bits per heavy atom. The van der Waals surface area contributed by atoms with Crippen molar-refractivity contribution in [3.8, 4) is 0 Å². The van der Waals surface area contributed by atoms with Gasteiger partial charge in [0.15, 0.2) is 0 Å². The Balaban J connectivity index is -0.000000188. The molecule has 0 saturated heterocycles. The molecule has 2 rings (SSSR count). The van der Waals surface area contributed by atoms with Crippen LogP contribution in [0.15, 0.2) is 37.4 Å². The van der Waals surface area contributed by atoms with E-state index < -0.39 is 0 Å². The van der Waals surface area contributed by atoms with E-state index in [-0.39, 0.29) is 19.5 Å². The molecule has 8 nitrogen and oxygen atoms in total. The van der Waals surface area contributed by atoms with Gasteiger partial charge in [0.25, 0.3) is 0 Å². The molecule has 0 spiro atoms. The van der Waals surface area contributed by atoms with E-state index in [1.54, 1.807) is 25.0 Å². The van der Waals surface area contributed by atoms with Crippen LogP contribution >= 0.6 is 0 Å². The van der Waals surface area contributed by atoms with Gasteiger partial charge < -0.3 is 20.0 Å². The number of isocyanates is 2. The molecule has 0 N–H and O–H groups in total. The molecule has 96 valence electrons. The van der Waals surface area contributed by atoms with Gasteiger partial charge in [-0.15, -0.1) is 0 Å². The summed E-state index contributed by atoms with van der Waals surface area (Å²) in [5.41, 5.74) is 0. The van der Waals surface area contributed by atoms with Crippen molar-refractivity contribution in [2.24, 2.45) is 14.1 Å². The largest absolute Gasteiger partial charge is 2.00 e. The van der Waals surface area contributed by atoms with Gasteiger partial charge in [-0.1, -0.05) is 0 Å². The zero-order chi connectivity index (χ0) is 14.2. The Labute approximate surface area is 123 Å². The quantitative estimate of drug-likeness (QED) is 0.403. The predicted molar refractivity (Wildman–Crippen MR) is 64.5 cm³/mol. The van der Waals surface area contributed by atoms with Crippen molar-refractivity contribution < 1.29 is 29.1 Å². The molecule has 2 heterocycles. The van der Waals surface area contributed by atoms with E-state index in [0.29, 0.717) is 12.2 Å². The number of aromatic nitrogens is 4. The molecule has 0 aliphatic carbocycles. The summed E-state index contributed by atoms with van der Waals surface area (Å²) < 4.78 is 3.78. The van der Waals surface area contributed by atoms with Crippen LogP contribution in [0.3, 0.4) is 0 Å². The first-order valence-electron chi connectivity index (χ1n) is 4.48. The summed E-state index contributed by atoms with van der Waals surface area (Å²) in [6.45, 7) is 0. The van der Waals surface area contributed by atoms with Crippen LogP contribution in [0.5, 0.6) is 0 Å². The first-order chi connectivity index (χ1) is 8.62. The molecule has 0 atom stereocenters. The minimum absolute atomic E-state index is 0. The third-order valence-corrected chi connectivity index (χ3v) is 1.27. The van der Waals surface area contributed by atoms with Crippen LogP contribution in [-0.4, -0.2) is 31.3 Å². The molecule has 0 bridgehead atoms. The summed E-state index contributed by atoms with van der Waals surface area (Å²) in [6, 6.07) is 0. The summed E-state index contributed by atoms with van der Waals surface area (Å²) in [6.07, 6.45) is 11.8. The van der Waals surface area contributed by atoms with Gasteiger partial charge >= 0.3 is 19.5 Å². The Morgan fingerprint density at radius 3 is 1.21 bits per heavy atom. The van der Waals surface area contributed by atoms with Crippen molar-refractivity contribution in [2.75, 3.05) is 0 Å². The fourth-order valence-corrected chi connectivity index (χ4v) is 0.652. The Hall–Kier alpha value is -2.20. The second-order valence-corrected chi connectivity index (χ2v) is 2.64. The van der Waals surface area contributed by atoms with Crippen molar-refractivity contribution in [3.63, 3.8) is 0 Å². The second-order valence-electron chi connectivity index (χ2n) is 2.64. The van der Waals surface area contributed by atoms with Crippen LogP contribution in [0.1, 0.15) is 0 Å². The molecule has 0 aromatic carbocycles. The van der Waals surface area contributed by atoms with Gasteiger partial charge in [-0.3, -0.25) is 9.59 Å². The Morgan fingerprint density at radius 2 is 1.16 bits per heavy atom. The van der Waals surface area contributed by atoms with E-state index in [9.17, 15) is 0 Å². The molecule has 2 aromatic rings. The van der Waals surface area contributed by atoms with Crippen molar-refractivity contribution in [3.05, 3.63) is 48.3 Å². The van der Waals surface area contributed by atoms with Crippen LogP contribution in [0.25, 0.3) is 10.8 Å². The van der Waals surface area contributed by atoms with Gasteiger partial charge in [0.2, 0.25) is 0 Å². The van der Waals surface area contributed by atoms with Gasteiger partial charge in [-0.25, -0.2) is 9.97 Å². The number of hydrogen-bond donors (Lipinski definition) is 0. The normalized spacial score (nSPS) is 6.42. The van der Waals surface area contributed by atoms with Gasteiger partial charge in [-0.05, 0) is 12.2 Å². The third-order valence-electron chi connectivity index (χ3n) is 1.27. The monoisotopic (exact) mass is 312 g/mol. The molecular weight excluding hydrogens is 302 g/mol. The average molecular weight is 314 g/mol. The number of aryl methyl sites for hydroxylation is 2. The van der Waals surface area contributed by atoms with Crippen molar-refractivity contribution in [1.82, 2.24) is 19.1 Å². The summed E-state index contributed by atoms with van der Waals surface area (Å²) in [5, 5.41) is 13.5. The first-order valence-corrected chi connectivity index (χ1v) is 4.48. The Bertz CT molecular complexity index is 398. The fourth-order valence-electron chi connectivity index (χ4n) is 0.652. The van der Waals surface area contributed by atoms with Gasteiger partial charge in [0, 0.05) is 38.9 Å². The summed E-state index contributed by atoms with van der Waals surface area (Å²) >= 11 is 0. The van der Waals surface area contributed by atoms with Gasteiger partial charge in [-0.2, -0.15) is 0 Å². The van der Waals surface area contributed by atoms with Crippen LogP contribution in [0.4, 0.5) is 0 Å². The van der Waals surface area contributed by atoms with Crippen molar-refractivity contribution in [1.29, 1.82) is 0 Å². The molecule has 0 radical (unpaired) electrons. The van der Waals surface area contributed by atoms with Crippen LogP contribution in [0.2, 0.25) is 0 Å². The zero-order valence-electron chi connectivity index (χ0n) is 10.7. The topological polar surface area (TPSA) is 114 Å². The second kappa shape index (κ2) is 18.2. The van der Waals surface area contributed by atoms with Crippen LogP contribution in [-0.2, 0) is 43.2 Å². The molecular formula is C10H12N6O2Zn. The summed E-state index contributed by atoms with van der Waals surface area (Å²) in [5.74, 6) is 0. The van der Waals surface area contributed by atoms with E-state index in [2.05, 4.69) is 9.97 Å². The molecule has 2 aromatic heterocycles. The van der Waals surface area contributed by atoms with E-state index >= 15 is 0 Å². The van der Waals surface area contributed by atoms with E-state index in [4.69, 9.17) is 20.4 Å². The number of carbonyl (C=O) groups excluding carboxylic acids is 2. The molecule has 0 aliphatic heterocycles.